The van der Waals surface area contributed by atoms with Gasteiger partial charge in [-0.15, -0.1) is 0 Å². The molecule has 1 N–H and O–H groups in total. The van der Waals surface area contributed by atoms with Crippen molar-refractivity contribution in [2.75, 3.05) is 30.0 Å². The van der Waals surface area contributed by atoms with Gasteiger partial charge in [0, 0.05) is 42.2 Å². The van der Waals surface area contributed by atoms with Crippen molar-refractivity contribution in [3.8, 4) is 17.2 Å². The number of anilines is 2. The highest BCUT2D eigenvalue weighted by Crippen LogP contribution is 2.43. The second-order valence-electron chi connectivity index (χ2n) is 9.59. The third kappa shape index (κ3) is 4.62. The third-order valence-corrected chi connectivity index (χ3v) is 7.03. The Morgan fingerprint density at radius 3 is 2.81 bits per heavy atom. The third-order valence-electron chi connectivity index (χ3n) is 7.03. The molecule has 7 nitrogen and oxygen atoms in total. The number of ether oxygens (including phenoxy) is 1. The fourth-order valence-corrected chi connectivity index (χ4v) is 4.95. The Morgan fingerprint density at radius 1 is 1.24 bits per heavy atom. The van der Waals surface area contributed by atoms with Gasteiger partial charge >= 0.3 is 6.18 Å². The first-order valence-corrected chi connectivity index (χ1v) is 11.8. The number of carbonyl (C=O) groups excluding carboxylic acids is 1. The molecular weight excluding hydrogens is 483 g/mol. The number of benzene rings is 1. The number of aromatic nitrogens is 2. The van der Waals surface area contributed by atoms with Crippen LogP contribution in [0, 0.1) is 23.7 Å². The molecule has 3 aromatic rings. The second kappa shape index (κ2) is 9.16. The van der Waals surface area contributed by atoms with E-state index in [9.17, 15) is 23.2 Å². The van der Waals surface area contributed by atoms with Gasteiger partial charge in [-0.25, -0.2) is 0 Å². The van der Waals surface area contributed by atoms with Gasteiger partial charge in [0.25, 0.3) is 5.91 Å². The fraction of sp³-hybridized carbons (Fsp3) is 0.333. The Labute approximate surface area is 211 Å². The summed E-state index contributed by atoms with van der Waals surface area (Å²) < 4.78 is 44.7. The molecule has 1 fully saturated rings. The molecular formula is C27H24F3N5O2. The minimum Gasteiger partial charge on any atom is -0.377 e. The zero-order valence-electron chi connectivity index (χ0n) is 20.3. The van der Waals surface area contributed by atoms with Crippen LogP contribution in [0.4, 0.5) is 24.5 Å². The lowest BCUT2D eigenvalue weighted by molar-refractivity contribution is -0.141. The number of alkyl halides is 3. The van der Waals surface area contributed by atoms with Crippen LogP contribution in [0.3, 0.4) is 0 Å². The van der Waals surface area contributed by atoms with Crippen LogP contribution in [0.1, 0.15) is 34.2 Å². The maximum Gasteiger partial charge on any atom is 0.433 e. The van der Waals surface area contributed by atoms with Crippen molar-refractivity contribution in [2.24, 2.45) is 5.41 Å². The van der Waals surface area contributed by atoms with E-state index >= 15 is 0 Å². The van der Waals surface area contributed by atoms with E-state index in [1.165, 1.54) is 6.07 Å². The van der Waals surface area contributed by atoms with Crippen molar-refractivity contribution in [1.29, 1.82) is 5.26 Å². The Morgan fingerprint density at radius 2 is 2.05 bits per heavy atom. The summed E-state index contributed by atoms with van der Waals surface area (Å²) in [6.45, 7) is 5.56. The summed E-state index contributed by atoms with van der Waals surface area (Å²) in [6, 6.07) is 11.7. The molecule has 1 amide bonds. The molecule has 2 atom stereocenters. The molecule has 1 saturated heterocycles. The van der Waals surface area contributed by atoms with E-state index in [4.69, 9.17) is 9.72 Å². The molecule has 1 aromatic carbocycles. The van der Waals surface area contributed by atoms with Crippen LogP contribution in [0.5, 0.6) is 0 Å². The smallest absolute Gasteiger partial charge is 0.377 e. The highest BCUT2D eigenvalue weighted by atomic mass is 19.4. The van der Waals surface area contributed by atoms with Gasteiger partial charge in [-0.1, -0.05) is 6.07 Å². The van der Waals surface area contributed by atoms with Crippen molar-refractivity contribution in [3.63, 3.8) is 0 Å². The van der Waals surface area contributed by atoms with E-state index in [2.05, 4.69) is 21.3 Å². The summed E-state index contributed by atoms with van der Waals surface area (Å²) in [5.74, 6) is -0.668. The molecule has 2 aromatic heterocycles. The van der Waals surface area contributed by atoms with Crippen molar-refractivity contribution in [2.45, 2.75) is 32.5 Å². The largest absolute Gasteiger partial charge is 0.433 e. The molecule has 0 saturated carbocycles. The number of morpholine rings is 1. The number of amides is 1. The van der Waals surface area contributed by atoms with Gasteiger partial charge < -0.3 is 15.0 Å². The van der Waals surface area contributed by atoms with Crippen LogP contribution in [0.2, 0.25) is 0 Å². The molecule has 0 bridgehead atoms. The Kier molecular flexibility index (Phi) is 6.12. The predicted octanol–water partition coefficient (Wildman–Crippen LogP) is 5.01. The monoisotopic (exact) mass is 507 g/mol. The van der Waals surface area contributed by atoms with E-state index in [-0.39, 0.29) is 11.6 Å². The molecule has 2 aliphatic rings. The number of rotatable bonds is 3. The van der Waals surface area contributed by atoms with Crippen LogP contribution in [-0.4, -0.2) is 41.7 Å². The van der Waals surface area contributed by atoms with Gasteiger partial charge in [0.2, 0.25) is 0 Å². The van der Waals surface area contributed by atoms with E-state index in [1.807, 2.05) is 26.0 Å². The van der Waals surface area contributed by atoms with Crippen molar-refractivity contribution in [3.05, 3.63) is 71.3 Å². The summed E-state index contributed by atoms with van der Waals surface area (Å²) in [5, 5.41) is 12.6. The average molecular weight is 508 g/mol. The average Bonchev–Trinajstić information content (AvgIpc) is 2.89. The molecule has 2 aliphatic heterocycles. The highest BCUT2D eigenvalue weighted by molar-refractivity contribution is 6.04. The molecule has 37 heavy (non-hydrogen) atoms. The maximum atomic E-state index is 13.0. The Hall–Kier alpha value is -3.97. The normalized spacial score (nSPS) is 21.0. The van der Waals surface area contributed by atoms with E-state index < -0.39 is 23.2 Å². The van der Waals surface area contributed by atoms with Gasteiger partial charge in [0.15, 0.2) is 0 Å². The maximum absolute atomic E-state index is 13.0. The molecule has 190 valence electrons. The molecule has 0 radical (unpaired) electrons. The van der Waals surface area contributed by atoms with Crippen LogP contribution in [0.25, 0.3) is 11.1 Å². The Bertz CT molecular complexity index is 1420. The van der Waals surface area contributed by atoms with E-state index in [0.29, 0.717) is 31.9 Å². The minimum absolute atomic E-state index is 0.0792. The first kappa shape index (κ1) is 24.7. The van der Waals surface area contributed by atoms with Crippen molar-refractivity contribution in [1.82, 2.24) is 9.97 Å². The highest BCUT2D eigenvalue weighted by Gasteiger charge is 2.46. The summed E-state index contributed by atoms with van der Waals surface area (Å²) in [6.07, 6.45) is -1.40. The van der Waals surface area contributed by atoms with Gasteiger partial charge in [-0.05, 0) is 55.3 Å². The van der Waals surface area contributed by atoms with Gasteiger partial charge in [-0.3, -0.25) is 14.8 Å². The summed E-state index contributed by atoms with van der Waals surface area (Å²) >= 11 is 0. The molecule has 0 unspecified atom stereocenters. The molecule has 0 spiro atoms. The number of nitrogens with zero attached hydrogens (tertiary/aromatic N) is 4. The number of halogens is 3. The zero-order chi connectivity index (χ0) is 26.4. The van der Waals surface area contributed by atoms with Crippen LogP contribution in [0.15, 0.2) is 48.8 Å². The molecule has 4 heterocycles. The van der Waals surface area contributed by atoms with E-state index in [0.717, 1.165) is 40.3 Å². The number of aryl methyl sites for hydroxylation is 1. The predicted molar refractivity (Wildman–Crippen MR) is 131 cm³/mol. The number of hydrogen-bond acceptors (Lipinski definition) is 6. The number of nitriles is 1. The molecule has 10 heteroatoms. The fourth-order valence-electron chi connectivity index (χ4n) is 4.95. The number of hydrogen-bond donors (Lipinski definition) is 1. The SMILES string of the molecule is Cc1ccc(NC(=O)c2ccnc(C(F)(F)F)c2)cc1-c1cnc2c(c1)N1CCOC[C@H]1[C@](C)(C#N)C2. The van der Waals surface area contributed by atoms with Crippen LogP contribution < -0.4 is 10.2 Å². The Balaban J connectivity index is 1.45. The van der Waals surface area contributed by atoms with Crippen LogP contribution in [-0.2, 0) is 17.3 Å². The molecule has 5 rings (SSSR count). The summed E-state index contributed by atoms with van der Waals surface area (Å²) in [5.41, 5.74) is 2.99. The zero-order valence-corrected chi connectivity index (χ0v) is 20.3. The number of pyridine rings is 2. The first-order valence-electron chi connectivity index (χ1n) is 11.8. The van der Waals surface area contributed by atoms with Gasteiger partial charge in [0.1, 0.15) is 5.69 Å². The second-order valence-corrected chi connectivity index (χ2v) is 9.59. The topological polar surface area (TPSA) is 91.1 Å². The van der Waals surface area contributed by atoms with Crippen molar-refractivity contribution >= 4 is 17.3 Å². The summed E-state index contributed by atoms with van der Waals surface area (Å²) in [7, 11) is 0. The van der Waals surface area contributed by atoms with Gasteiger partial charge in [0.05, 0.1) is 42.1 Å². The lowest BCUT2D eigenvalue weighted by atomic mass is 9.75. The lowest BCUT2D eigenvalue weighted by Crippen LogP contribution is -2.57. The molecule has 0 aliphatic carbocycles. The minimum atomic E-state index is -4.64. The quantitative estimate of drug-likeness (QED) is 0.536. The van der Waals surface area contributed by atoms with Gasteiger partial charge in [-0.2, -0.15) is 18.4 Å². The standard InChI is InChI=1S/C27H24F3N5O2/c1-16-3-4-19(34-25(36)17-5-6-32-23(10-17)27(28,29)30)11-20(16)18-9-22-21(33-13-18)12-26(2,15-31)24-14-37-8-7-35(22)24/h3-6,9-11,13,24H,7-8,12,14H2,1-2H3,(H,34,36)/t24-,26-/m0/s1. The first-order chi connectivity index (χ1) is 17.6. The number of carbonyl (C=O) groups is 1. The number of fused-ring (bicyclic) bond motifs is 3. The lowest BCUT2D eigenvalue weighted by Gasteiger charge is -2.48. The van der Waals surface area contributed by atoms with E-state index in [1.54, 1.807) is 18.3 Å². The van der Waals surface area contributed by atoms with Crippen LogP contribution >= 0.6 is 0 Å². The number of nitrogens with one attached hydrogen (secondary N) is 1. The van der Waals surface area contributed by atoms with Crippen molar-refractivity contribution < 1.29 is 22.7 Å². The summed E-state index contributed by atoms with van der Waals surface area (Å²) in [4.78, 5) is 22.9.